The Labute approximate surface area is 133 Å². The summed E-state index contributed by atoms with van der Waals surface area (Å²) in [7, 11) is 0. The van der Waals surface area contributed by atoms with Crippen LogP contribution >= 0.6 is 0 Å². The molecule has 0 aromatic rings. The maximum Gasteiger partial charge on any atom is 0.00502 e. The van der Waals surface area contributed by atoms with Crippen LogP contribution in [0.2, 0.25) is 0 Å². The van der Waals surface area contributed by atoms with E-state index in [0.29, 0.717) is 10.8 Å². The molecular formula is C19H38N2. The monoisotopic (exact) mass is 294 g/mol. The summed E-state index contributed by atoms with van der Waals surface area (Å²) in [4.78, 5) is 2.77. The third-order valence-corrected chi connectivity index (χ3v) is 5.88. The van der Waals surface area contributed by atoms with Gasteiger partial charge in [0.2, 0.25) is 0 Å². The molecule has 1 saturated carbocycles. The van der Waals surface area contributed by atoms with Gasteiger partial charge in [-0.05, 0) is 68.5 Å². The summed E-state index contributed by atoms with van der Waals surface area (Å²) in [5.74, 6) is 0.920. The summed E-state index contributed by atoms with van der Waals surface area (Å²) in [6.45, 7) is 16.0. The van der Waals surface area contributed by atoms with Crippen LogP contribution < -0.4 is 5.32 Å². The van der Waals surface area contributed by atoms with Crippen molar-refractivity contribution in [2.75, 3.05) is 32.7 Å². The molecular weight excluding hydrogens is 256 g/mol. The van der Waals surface area contributed by atoms with Gasteiger partial charge < -0.3 is 10.2 Å². The second kappa shape index (κ2) is 7.46. The first-order valence-electron chi connectivity index (χ1n) is 9.38. The maximum absolute atomic E-state index is 3.75. The minimum absolute atomic E-state index is 0.550. The van der Waals surface area contributed by atoms with Gasteiger partial charge in [0.05, 0.1) is 0 Å². The molecule has 21 heavy (non-hydrogen) atoms. The Morgan fingerprint density at radius 1 is 1.14 bits per heavy atom. The van der Waals surface area contributed by atoms with E-state index in [-0.39, 0.29) is 0 Å². The Morgan fingerprint density at radius 3 is 2.48 bits per heavy atom. The Kier molecular flexibility index (Phi) is 6.14. The fourth-order valence-electron chi connectivity index (χ4n) is 4.45. The van der Waals surface area contributed by atoms with Gasteiger partial charge in [0.25, 0.3) is 0 Å². The first-order valence-corrected chi connectivity index (χ1v) is 9.38. The zero-order valence-corrected chi connectivity index (χ0v) is 15.0. The normalized spacial score (nSPS) is 34.0. The van der Waals surface area contributed by atoms with Crippen molar-refractivity contribution >= 4 is 0 Å². The molecule has 2 atom stereocenters. The number of likely N-dealkylation sites (tertiary alicyclic amines) is 1. The zero-order chi connectivity index (χ0) is 15.3. The number of nitrogens with one attached hydrogen (secondary N) is 1. The van der Waals surface area contributed by atoms with Gasteiger partial charge >= 0.3 is 0 Å². The van der Waals surface area contributed by atoms with Crippen LogP contribution in [-0.4, -0.2) is 37.6 Å². The Balaban J connectivity index is 1.92. The molecule has 0 spiro atoms. The van der Waals surface area contributed by atoms with E-state index < -0.39 is 0 Å². The van der Waals surface area contributed by atoms with E-state index in [1.54, 1.807) is 0 Å². The second-order valence-electron chi connectivity index (χ2n) is 8.82. The molecule has 2 rings (SSSR count). The van der Waals surface area contributed by atoms with Crippen LogP contribution in [0.25, 0.3) is 0 Å². The predicted octanol–water partition coefficient (Wildman–Crippen LogP) is 4.30. The maximum atomic E-state index is 3.75. The van der Waals surface area contributed by atoms with Crippen molar-refractivity contribution in [3.63, 3.8) is 0 Å². The third-order valence-electron chi connectivity index (χ3n) is 5.88. The molecule has 124 valence electrons. The number of rotatable bonds is 6. The van der Waals surface area contributed by atoms with E-state index in [9.17, 15) is 0 Å². The van der Waals surface area contributed by atoms with Crippen molar-refractivity contribution in [1.82, 2.24) is 10.2 Å². The van der Waals surface area contributed by atoms with Crippen LogP contribution in [0.15, 0.2) is 0 Å². The molecule has 1 heterocycles. The van der Waals surface area contributed by atoms with Crippen LogP contribution in [0.5, 0.6) is 0 Å². The SMILES string of the molecule is CCCNCC1(CN2CCC(C)(C)CC2)CCCC(C)C1. The first-order chi connectivity index (χ1) is 9.95. The smallest absolute Gasteiger partial charge is 0.00502 e. The van der Waals surface area contributed by atoms with Gasteiger partial charge in [-0.15, -0.1) is 0 Å². The van der Waals surface area contributed by atoms with Crippen LogP contribution in [0.1, 0.15) is 72.6 Å². The van der Waals surface area contributed by atoms with Gasteiger partial charge in [0.1, 0.15) is 0 Å². The van der Waals surface area contributed by atoms with Crippen LogP contribution in [0, 0.1) is 16.7 Å². The molecule has 0 aromatic carbocycles. The summed E-state index contributed by atoms with van der Waals surface area (Å²) in [6, 6.07) is 0. The third kappa shape index (κ3) is 5.25. The number of nitrogens with zero attached hydrogens (tertiary/aromatic N) is 1. The van der Waals surface area contributed by atoms with E-state index in [4.69, 9.17) is 0 Å². The Hall–Kier alpha value is -0.0800. The highest BCUT2D eigenvalue weighted by Gasteiger charge is 2.37. The van der Waals surface area contributed by atoms with Crippen molar-refractivity contribution in [3.05, 3.63) is 0 Å². The number of hydrogen-bond donors (Lipinski definition) is 1. The fourth-order valence-corrected chi connectivity index (χ4v) is 4.45. The predicted molar refractivity (Wildman–Crippen MR) is 92.7 cm³/mol. The first kappa shape index (κ1) is 17.3. The molecule has 0 radical (unpaired) electrons. The molecule has 1 aliphatic heterocycles. The molecule has 1 saturated heterocycles. The van der Waals surface area contributed by atoms with Gasteiger partial charge in [-0.25, -0.2) is 0 Å². The molecule has 1 N–H and O–H groups in total. The van der Waals surface area contributed by atoms with E-state index in [2.05, 4.69) is 37.9 Å². The average molecular weight is 295 g/mol. The fraction of sp³-hybridized carbons (Fsp3) is 1.00. The quantitative estimate of drug-likeness (QED) is 0.735. The Morgan fingerprint density at radius 2 is 1.86 bits per heavy atom. The number of hydrogen-bond acceptors (Lipinski definition) is 2. The molecule has 1 aliphatic carbocycles. The summed E-state index contributed by atoms with van der Waals surface area (Å²) in [6.07, 6.45) is 9.76. The van der Waals surface area contributed by atoms with Gasteiger partial charge in [-0.2, -0.15) is 0 Å². The Bertz CT molecular complexity index is 303. The second-order valence-corrected chi connectivity index (χ2v) is 8.82. The highest BCUT2D eigenvalue weighted by Crippen LogP contribution is 2.41. The van der Waals surface area contributed by atoms with Crippen LogP contribution in [-0.2, 0) is 0 Å². The molecule has 2 unspecified atom stereocenters. The highest BCUT2D eigenvalue weighted by atomic mass is 15.1. The van der Waals surface area contributed by atoms with E-state index in [1.165, 1.54) is 77.7 Å². The zero-order valence-electron chi connectivity index (χ0n) is 15.0. The van der Waals surface area contributed by atoms with Crippen LogP contribution in [0.3, 0.4) is 0 Å². The van der Waals surface area contributed by atoms with Gasteiger partial charge in [-0.1, -0.05) is 40.5 Å². The lowest BCUT2D eigenvalue weighted by molar-refractivity contribution is 0.0469. The van der Waals surface area contributed by atoms with Crippen molar-refractivity contribution in [2.24, 2.45) is 16.7 Å². The van der Waals surface area contributed by atoms with Crippen molar-refractivity contribution in [2.45, 2.75) is 72.6 Å². The minimum Gasteiger partial charge on any atom is -0.316 e. The summed E-state index contributed by atoms with van der Waals surface area (Å²) in [5.41, 5.74) is 1.12. The van der Waals surface area contributed by atoms with Crippen molar-refractivity contribution < 1.29 is 0 Å². The van der Waals surface area contributed by atoms with E-state index >= 15 is 0 Å². The van der Waals surface area contributed by atoms with Gasteiger partial charge in [-0.3, -0.25) is 0 Å². The highest BCUT2D eigenvalue weighted by molar-refractivity contribution is 4.91. The molecule has 0 bridgehead atoms. The molecule has 2 heteroatoms. The lowest BCUT2D eigenvalue weighted by Gasteiger charge is -2.46. The molecule has 0 aromatic heterocycles. The summed E-state index contributed by atoms with van der Waals surface area (Å²) < 4.78 is 0. The molecule has 2 fully saturated rings. The van der Waals surface area contributed by atoms with Crippen molar-refractivity contribution in [3.8, 4) is 0 Å². The van der Waals surface area contributed by atoms with E-state index in [0.717, 1.165) is 5.92 Å². The lowest BCUT2D eigenvalue weighted by Crippen LogP contribution is -2.49. The van der Waals surface area contributed by atoms with Gasteiger partial charge in [0, 0.05) is 13.1 Å². The molecule has 0 amide bonds. The standard InChI is InChI=1S/C19H38N2/c1-5-11-20-15-19(8-6-7-17(2)14-19)16-21-12-9-18(3,4)10-13-21/h17,20H,5-16H2,1-4H3. The van der Waals surface area contributed by atoms with Crippen LogP contribution in [0.4, 0.5) is 0 Å². The van der Waals surface area contributed by atoms with E-state index in [1.807, 2.05) is 0 Å². The summed E-state index contributed by atoms with van der Waals surface area (Å²) >= 11 is 0. The molecule has 2 aliphatic rings. The van der Waals surface area contributed by atoms with Crippen molar-refractivity contribution in [1.29, 1.82) is 0 Å². The van der Waals surface area contributed by atoms with Gasteiger partial charge in [0.15, 0.2) is 0 Å². The number of piperidine rings is 1. The lowest BCUT2D eigenvalue weighted by atomic mass is 9.69. The topological polar surface area (TPSA) is 15.3 Å². The average Bonchev–Trinajstić information content (AvgIpc) is 2.42. The largest absolute Gasteiger partial charge is 0.316 e. The minimum atomic E-state index is 0.550. The summed E-state index contributed by atoms with van der Waals surface area (Å²) in [5, 5.41) is 3.75. The molecule has 2 nitrogen and oxygen atoms in total.